The second-order valence-electron chi connectivity index (χ2n) is 15.6. The minimum absolute atomic E-state index is 0.477. The molecule has 2 nitrogen and oxygen atoms in total. The summed E-state index contributed by atoms with van der Waals surface area (Å²) in [6.45, 7) is 0. The molecule has 2 heterocycles. The molecular weight excluding hydrogens is 689 g/mol. The summed E-state index contributed by atoms with van der Waals surface area (Å²) >= 11 is 0. The van der Waals surface area contributed by atoms with Gasteiger partial charge in [0.1, 0.15) is 0 Å². The first-order chi connectivity index (χ1) is 28.3. The monoisotopic (exact) mass is 720 g/mol. The number of fused-ring (bicyclic) bond motifs is 19. The molecule has 0 radical (unpaired) electrons. The van der Waals surface area contributed by atoms with Crippen molar-refractivity contribution in [3.05, 3.63) is 217 Å². The fraction of sp³-hybridized carbons (Fsp3) is 0.0182. The number of rotatable bonds is 2. The van der Waals surface area contributed by atoms with Crippen molar-refractivity contribution >= 4 is 54.1 Å². The van der Waals surface area contributed by atoms with Gasteiger partial charge >= 0.3 is 0 Å². The molecule has 2 aliphatic rings. The summed E-state index contributed by atoms with van der Waals surface area (Å²) in [4.78, 5) is 10.0. The van der Waals surface area contributed by atoms with Gasteiger partial charge in [-0.1, -0.05) is 158 Å². The molecule has 57 heavy (non-hydrogen) atoms. The lowest BCUT2D eigenvalue weighted by Crippen LogP contribution is -2.26. The van der Waals surface area contributed by atoms with Crippen LogP contribution in [0.25, 0.3) is 98.8 Å². The number of nitrogens with zero attached hydrogens (tertiary/aromatic N) is 2. The van der Waals surface area contributed by atoms with Gasteiger partial charge < -0.3 is 0 Å². The molecule has 0 saturated heterocycles. The highest BCUT2D eigenvalue weighted by Gasteiger charge is 2.53. The smallest absolute Gasteiger partial charge is 0.0972 e. The minimum atomic E-state index is -0.477. The minimum Gasteiger partial charge on any atom is -0.254 e. The Hall–Kier alpha value is -7.42. The second-order valence-corrected chi connectivity index (χ2v) is 15.6. The molecule has 0 amide bonds. The number of hydrogen-bond donors (Lipinski definition) is 0. The van der Waals surface area contributed by atoms with E-state index in [1.165, 1.54) is 82.4 Å². The first kappa shape index (κ1) is 30.9. The normalized spacial score (nSPS) is 13.4. The van der Waals surface area contributed by atoms with Gasteiger partial charge in [-0.25, -0.2) is 4.98 Å². The Balaban J connectivity index is 1.09. The summed E-state index contributed by atoms with van der Waals surface area (Å²) in [6.07, 6.45) is 1.85. The van der Waals surface area contributed by atoms with Gasteiger partial charge in [0.15, 0.2) is 0 Å². The lowest BCUT2D eigenvalue weighted by molar-refractivity contribution is 0.803. The van der Waals surface area contributed by atoms with Crippen LogP contribution in [0, 0.1) is 0 Å². The van der Waals surface area contributed by atoms with E-state index in [4.69, 9.17) is 9.97 Å². The Morgan fingerprint density at radius 3 is 1.72 bits per heavy atom. The average Bonchev–Trinajstić information content (AvgIpc) is 3.75. The third-order valence-electron chi connectivity index (χ3n) is 12.9. The van der Waals surface area contributed by atoms with Crippen LogP contribution < -0.4 is 0 Å². The van der Waals surface area contributed by atoms with E-state index >= 15 is 0 Å². The zero-order valence-electron chi connectivity index (χ0n) is 30.9. The molecule has 262 valence electrons. The van der Waals surface area contributed by atoms with Crippen molar-refractivity contribution in [1.29, 1.82) is 0 Å². The van der Waals surface area contributed by atoms with Gasteiger partial charge in [-0.3, -0.25) is 4.98 Å². The van der Waals surface area contributed by atoms with Crippen molar-refractivity contribution in [2.75, 3.05) is 0 Å². The first-order valence-electron chi connectivity index (χ1n) is 19.7. The van der Waals surface area contributed by atoms with Crippen LogP contribution in [0.3, 0.4) is 0 Å². The van der Waals surface area contributed by atoms with Crippen molar-refractivity contribution in [1.82, 2.24) is 9.97 Å². The maximum Gasteiger partial charge on any atom is 0.0972 e. The van der Waals surface area contributed by atoms with Crippen LogP contribution in [0.5, 0.6) is 0 Å². The van der Waals surface area contributed by atoms with Crippen LogP contribution in [-0.2, 0) is 5.41 Å². The van der Waals surface area contributed by atoms with Gasteiger partial charge in [-0.2, -0.15) is 0 Å². The Kier molecular flexibility index (Phi) is 6.13. The van der Waals surface area contributed by atoms with E-state index in [0.717, 1.165) is 38.6 Å². The average molecular weight is 721 g/mol. The predicted molar refractivity (Wildman–Crippen MR) is 237 cm³/mol. The summed E-state index contributed by atoms with van der Waals surface area (Å²) in [6, 6.07) is 69.7. The van der Waals surface area contributed by atoms with E-state index in [1.807, 2.05) is 12.3 Å². The van der Waals surface area contributed by atoms with Crippen molar-refractivity contribution in [2.45, 2.75) is 5.41 Å². The molecule has 0 unspecified atom stereocenters. The van der Waals surface area contributed by atoms with Gasteiger partial charge in [0, 0.05) is 22.5 Å². The van der Waals surface area contributed by atoms with Crippen molar-refractivity contribution in [3.63, 3.8) is 0 Å². The van der Waals surface area contributed by atoms with E-state index in [1.54, 1.807) is 0 Å². The maximum atomic E-state index is 5.27. The summed E-state index contributed by atoms with van der Waals surface area (Å²) < 4.78 is 0. The lowest BCUT2D eigenvalue weighted by Gasteiger charge is -2.32. The molecule has 0 N–H and O–H groups in total. The topological polar surface area (TPSA) is 25.8 Å². The summed E-state index contributed by atoms with van der Waals surface area (Å²) in [7, 11) is 0. The molecule has 0 fully saturated rings. The molecular formula is C55H32N2. The van der Waals surface area contributed by atoms with Gasteiger partial charge in [-0.15, -0.1) is 0 Å². The molecule has 2 aliphatic carbocycles. The maximum absolute atomic E-state index is 5.27. The standard InChI is InChI=1S/C55H32N2/c1-4-18-43(50-28-27-34-24-23-33-12-11-29-56-53(33)54(34)57-50)38(13-1)36-26-25-35-31-46-49(32-37(35)30-36)55(47-21-9-7-16-41(47)42-17-8-10-22-48(42)55)52-45-20-6-3-15-40(45)39-14-2-5-19-44(39)51(46)52/h1-32H. The van der Waals surface area contributed by atoms with Gasteiger partial charge in [-0.05, 0) is 118 Å². The molecule has 0 saturated carbocycles. The highest BCUT2D eigenvalue weighted by molar-refractivity contribution is 6.20. The van der Waals surface area contributed by atoms with E-state index in [-0.39, 0.29) is 0 Å². The van der Waals surface area contributed by atoms with E-state index < -0.39 is 5.41 Å². The Labute approximate surface area is 329 Å². The number of benzene rings is 9. The van der Waals surface area contributed by atoms with E-state index in [2.05, 4.69) is 182 Å². The van der Waals surface area contributed by atoms with Gasteiger partial charge in [0.05, 0.1) is 22.1 Å². The summed E-state index contributed by atoms with van der Waals surface area (Å²) in [5, 5.41) is 9.87. The SMILES string of the molecule is c1ccc(-c2ccc3ccc4cccnc4c3n2)c(-c2ccc3cc4c(cc3c2)C2(c3ccccc3-c3ccccc32)c2c-4c3ccccc3c3ccccc23)c1. The largest absolute Gasteiger partial charge is 0.254 e. The highest BCUT2D eigenvalue weighted by Crippen LogP contribution is 2.65. The zero-order chi connectivity index (χ0) is 37.2. The summed E-state index contributed by atoms with van der Waals surface area (Å²) in [5.41, 5.74) is 16.5. The quantitative estimate of drug-likeness (QED) is 0.166. The van der Waals surface area contributed by atoms with Crippen LogP contribution in [-0.4, -0.2) is 9.97 Å². The predicted octanol–water partition coefficient (Wildman–Crippen LogP) is 13.9. The molecule has 9 aromatic carbocycles. The van der Waals surface area contributed by atoms with Gasteiger partial charge in [0.25, 0.3) is 0 Å². The lowest BCUT2D eigenvalue weighted by atomic mass is 9.69. The van der Waals surface area contributed by atoms with Crippen LogP contribution in [0.4, 0.5) is 0 Å². The van der Waals surface area contributed by atoms with Crippen LogP contribution in [0.15, 0.2) is 194 Å². The highest BCUT2D eigenvalue weighted by atomic mass is 14.8. The van der Waals surface area contributed by atoms with Crippen molar-refractivity contribution < 1.29 is 0 Å². The van der Waals surface area contributed by atoms with E-state index in [9.17, 15) is 0 Å². The third kappa shape index (κ3) is 4.04. The molecule has 0 aliphatic heterocycles. The Bertz CT molecular complexity index is 3490. The van der Waals surface area contributed by atoms with Crippen LogP contribution in [0.1, 0.15) is 22.3 Å². The number of hydrogen-bond acceptors (Lipinski definition) is 2. The number of aromatic nitrogens is 2. The Morgan fingerprint density at radius 2 is 0.947 bits per heavy atom. The second kappa shape index (κ2) is 11.3. The fourth-order valence-corrected chi connectivity index (χ4v) is 10.6. The van der Waals surface area contributed by atoms with Gasteiger partial charge in [0.2, 0.25) is 0 Å². The molecule has 11 aromatic rings. The van der Waals surface area contributed by atoms with Crippen molar-refractivity contribution in [2.24, 2.45) is 0 Å². The third-order valence-corrected chi connectivity index (χ3v) is 12.9. The molecule has 1 spiro atoms. The van der Waals surface area contributed by atoms with Crippen LogP contribution >= 0.6 is 0 Å². The summed E-state index contributed by atoms with van der Waals surface area (Å²) in [5.74, 6) is 0. The molecule has 13 rings (SSSR count). The van der Waals surface area contributed by atoms with Crippen LogP contribution in [0.2, 0.25) is 0 Å². The number of pyridine rings is 2. The van der Waals surface area contributed by atoms with E-state index in [0.29, 0.717) is 0 Å². The fourth-order valence-electron chi connectivity index (χ4n) is 10.6. The Morgan fingerprint density at radius 1 is 0.351 bits per heavy atom. The molecule has 2 aromatic heterocycles. The van der Waals surface area contributed by atoms with Crippen molar-refractivity contribution in [3.8, 4) is 44.6 Å². The molecule has 0 atom stereocenters. The molecule has 2 heteroatoms. The zero-order valence-corrected chi connectivity index (χ0v) is 30.9. The molecule has 0 bridgehead atoms. The first-order valence-corrected chi connectivity index (χ1v) is 19.7.